The molecule has 3 amide bonds. The standard InChI is InChI=1S/C32H39N7O5/c1-3-19(2)28(33)31(42)38-25(14-21-16-35-24-12-8-7-11-23(21)24)29(40)37-26(15-22-17-34-18-36-22)30(41)39-27(32(43)44)13-20-9-5-4-6-10-20/h4-12,16-19,25-28,35H,3,13-15,33H2,1-2H3,(H,34,36)(H,37,40)(H,38,42)(H,39,41)(H,43,44). The second-order valence-electron chi connectivity index (χ2n) is 11.0. The Morgan fingerprint density at radius 2 is 1.48 bits per heavy atom. The van der Waals surface area contributed by atoms with Gasteiger partial charge in [-0.25, -0.2) is 9.78 Å². The Bertz CT molecular complexity index is 1550. The number of carbonyl (C=O) groups is 4. The van der Waals surface area contributed by atoms with E-state index in [1.165, 1.54) is 12.5 Å². The molecule has 0 radical (unpaired) electrons. The van der Waals surface area contributed by atoms with Crippen molar-refractivity contribution >= 4 is 34.6 Å². The number of hydrogen-bond donors (Lipinski definition) is 7. The third-order valence-corrected chi connectivity index (χ3v) is 7.80. The van der Waals surface area contributed by atoms with E-state index in [1.807, 2.05) is 44.2 Å². The van der Waals surface area contributed by atoms with Gasteiger partial charge in [0.15, 0.2) is 0 Å². The molecule has 0 spiro atoms. The van der Waals surface area contributed by atoms with Crippen LogP contribution < -0.4 is 21.7 Å². The van der Waals surface area contributed by atoms with E-state index >= 15 is 0 Å². The lowest BCUT2D eigenvalue weighted by Crippen LogP contribution is -2.58. The monoisotopic (exact) mass is 601 g/mol. The lowest BCUT2D eigenvalue weighted by molar-refractivity contribution is -0.142. The van der Waals surface area contributed by atoms with Crippen LogP contribution in [0.25, 0.3) is 10.9 Å². The topological polar surface area (TPSA) is 195 Å². The maximum absolute atomic E-state index is 13.9. The summed E-state index contributed by atoms with van der Waals surface area (Å²) in [6.07, 6.45) is 5.60. The van der Waals surface area contributed by atoms with E-state index in [1.54, 1.807) is 30.5 Å². The van der Waals surface area contributed by atoms with E-state index in [-0.39, 0.29) is 25.2 Å². The summed E-state index contributed by atoms with van der Waals surface area (Å²) in [5.41, 5.74) is 9.14. The number of carboxylic acid groups (broad SMARTS) is 1. The molecule has 4 rings (SSSR count). The molecule has 0 aliphatic rings. The average Bonchev–Trinajstić information content (AvgIpc) is 3.69. The van der Waals surface area contributed by atoms with Crippen LogP contribution >= 0.6 is 0 Å². The first-order valence-corrected chi connectivity index (χ1v) is 14.6. The zero-order valence-corrected chi connectivity index (χ0v) is 24.7. The number of rotatable bonds is 15. The van der Waals surface area contributed by atoms with E-state index in [4.69, 9.17) is 5.73 Å². The average molecular weight is 602 g/mol. The molecule has 4 aromatic rings. The maximum Gasteiger partial charge on any atom is 0.326 e. The van der Waals surface area contributed by atoms with Gasteiger partial charge in [-0.05, 0) is 23.1 Å². The number of nitrogens with two attached hydrogens (primary N) is 1. The number of fused-ring (bicyclic) bond motifs is 1. The van der Waals surface area contributed by atoms with Crippen LogP contribution in [-0.4, -0.2) is 67.9 Å². The van der Waals surface area contributed by atoms with E-state index in [0.29, 0.717) is 12.1 Å². The van der Waals surface area contributed by atoms with Crippen LogP contribution in [0.15, 0.2) is 73.3 Å². The van der Waals surface area contributed by atoms with Gasteiger partial charge in [0, 0.05) is 48.3 Å². The summed E-state index contributed by atoms with van der Waals surface area (Å²) in [7, 11) is 0. The largest absolute Gasteiger partial charge is 0.480 e. The minimum atomic E-state index is -1.23. The SMILES string of the molecule is CCC(C)C(N)C(=O)NC(Cc1c[nH]c2ccccc12)C(=O)NC(Cc1cnc[nH]1)C(=O)NC(Cc1ccccc1)C(=O)O. The van der Waals surface area contributed by atoms with Crippen LogP contribution in [0.5, 0.6) is 0 Å². The Balaban J connectivity index is 1.58. The molecule has 8 N–H and O–H groups in total. The van der Waals surface area contributed by atoms with Crippen LogP contribution in [0.2, 0.25) is 0 Å². The zero-order valence-electron chi connectivity index (χ0n) is 24.7. The first kappa shape index (κ1) is 32.0. The normalized spacial score (nSPS) is 14.6. The quantitative estimate of drug-likeness (QED) is 0.108. The van der Waals surface area contributed by atoms with Crippen LogP contribution in [0.3, 0.4) is 0 Å². The molecule has 0 saturated carbocycles. The summed E-state index contributed by atoms with van der Waals surface area (Å²) >= 11 is 0. The minimum absolute atomic E-state index is 0.00931. The number of aromatic nitrogens is 3. The second-order valence-corrected chi connectivity index (χ2v) is 11.0. The summed E-state index contributed by atoms with van der Waals surface area (Å²) in [5, 5.41) is 18.9. The number of nitrogens with zero attached hydrogens (tertiary/aromatic N) is 1. The highest BCUT2D eigenvalue weighted by molar-refractivity contribution is 5.95. The predicted octanol–water partition coefficient (Wildman–Crippen LogP) is 1.83. The summed E-state index contributed by atoms with van der Waals surface area (Å²) in [4.78, 5) is 62.7. The number of para-hydroxylation sites is 1. The van der Waals surface area contributed by atoms with Gasteiger partial charge in [0.1, 0.15) is 18.1 Å². The predicted molar refractivity (Wildman–Crippen MR) is 165 cm³/mol. The molecular formula is C32H39N7O5. The fourth-order valence-corrected chi connectivity index (χ4v) is 4.93. The third kappa shape index (κ3) is 8.32. The first-order valence-electron chi connectivity index (χ1n) is 14.6. The molecule has 0 saturated heterocycles. The van der Waals surface area contributed by atoms with E-state index in [9.17, 15) is 24.3 Å². The van der Waals surface area contributed by atoms with Gasteiger partial charge in [0.05, 0.1) is 12.4 Å². The Morgan fingerprint density at radius 3 is 2.14 bits per heavy atom. The molecule has 44 heavy (non-hydrogen) atoms. The Labute approximate surface area is 255 Å². The Morgan fingerprint density at radius 1 is 0.841 bits per heavy atom. The molecular weight excluding hydrogens is 562 g/mol. The molecule has 2 heterocycles. The molecule has 0 aliphatic carbocycles. The van der Waals surface area contributed by atoms with Gasteiger partial charge in [-0.3, -0.25) is 14.4 Å². The smallest absolute Gasteiger partial charge is 0.326 e. The molecule has 2 aromatic heterocycles. The molecule has 5 atom stereocenters. The highest BCUT2D eigenvalue weighted by atomic mass is 16.4. The van der Waals surface area contributed by atoms with Gasteiger partial charge >= 0.3 is 5.97 Å². The summed E-state index contributed by atoms with van der Waals surface area (Å²) < 4.78 is 0. The molecule has 232 valence electrons. The van der Waals surface area contributed by atoms with E-state index in [2.05, 4.69) is 30.9 Å². The van der Waals surface area contributed by atoms with Crippen LogP contribution in [0, 0.1) is 5.92 Å². The van der Waals surface area contributed by atoms with Gasteiger partial charge < -0.3 is 36.8 Å². The zero-order chi connectivity index (χ0) is 31.6. The molecule has 0 fully saturated rings. The van der Waals surface area contributed by atoms with Gasteiger partial charge in [-0.1, -0.05) is 68.8 Å². The highest BCUT2D eigenvalue weighted by Gasteiger charge is 2.32. The van der Waals surface area contributed by atoms with E-state index in [0.717, 1.165) is 22.0 Å². The summed E-state index contributed by atoms with van der Waals surface area (Å²) in [6.45, 7) is 3.78. The van der Waals surface area contributed by atoms with Crippen LogP contribution in [-0.2, 0) is 38.4 Å². The van der Waals surface area contributed by atoms with Crippen molar-refractivity contribution in [1.29, 1.82) is 0 Å². The third-order valence-electron chi connectivity index (χ3n) is 7.80. The number of carboxylic acids is 1. The van der Waals surface area contributed by atoms with Crippen molar-refractivity contribution in [2.24, 2.45) is 11.7 Å². The number of imidazole rings is 1. The Kier molecular flexibility index (Phi) is 10.9. The molecule has 0 bridgehead atoms. The number of carbonyl (C=O) groups excluding carboxylic acids is 3. The van der Waals surface area contributed by atoms with E-state index < -0.39 is 47.9 Å². The lowest BCUT2D eigenvalue weighted by Gasteiger charge is -2.26. The van der Waals surface area contributed by atoms with Crippen molar-refractivity contribution in [2.75, 3.05) is 0 Å². The minimum Gasteiger partial charge on any atom is -0.480 e. The molecule has 2 aromatic carbocycles. The van der Waals surface area contributed by atoms with Crippen LogP contribution in [0.1, 0.15) is 37.1 Å². The number of aromatic amines is 2. The molecule has 12 heteroatoms. The van der Waals surface area contributed by atoms with Crippen molar-refractivity contribution in [3.63, 3.8) is 0 Å². The number of nitrogens with one attached hydrogen (secondary N) is 5. The van der Waals surface area contributed by atoms with Crippen molar-refractivity contribution in [2.45, 2.75) is 63.7 Å². The first-order chi connectivity index (χ1) is 21.2. The summed E-state index contributed by atoms with van der Waals surface area (Å²) in [6, 6.07) is 12.2. The molecule has 5 unspecified atom stereocenters. The van der Waals surface area contributed by atoms with Crippen molar-refractivity contribution in [3.05, 3.63) is 90.1 Å². The number of aliphatic carboxylic acids is 1. The van der Waals surface area contributed by atoms with Crippen molar-refractivity contribution < 1.29 is 24.3 Å². The van der Waals surface area contributed by atoms with Gasteiger partial charge in [-0.2, -0.15) is 0 Å². The Hall–Kier alpha value is -4.97. The molecule has 12 nitrogen and oxygen atoms in total. The van der Waals surface area contributed by atoms with Gasteiger partial charge in [0.2, 0.25) is 17.7 Å². The summed E-state index contributed by atoms with van der Waals surface area (Å²) in [5.74, 6) is -3.12. The number of benzene rings is 2. The van der Waals surface area contributed by atoms with Crippen LogP contribution in [0.4, 0.5) is 0 Å². The second kappa shape index (κ2) is 15.0. The van der Waals surface area contributed by atoms with Gasteiger partial charge in [-0.15, -0.1) is 0 Å². The maximum atomic E-state index is 13.9. The van der Waals surface area contributed by atoms with Crippen molar-refractivity contribution in [3.8, 4) is 0 Å². The molecule has 0 aliphatic heterocycles. The number of hydrogen-bond acceptors (Lipinski definition) is 6. The number of H-pyrrole nitrogens is 2. The fourth-order valence-electron chi connectivity index (χ4n) is 4.93. The van der Waals surface area contributed by atoms with Gasteiger partial charge in [0.25, 0.3) is 0 Å². The fraction of sp³-hybridized carbons (Fsp3) is 0.344. The number of amides is 3. The van der Waals surface area contributed by atoms with Crippen molar-refractivity contribution in [1.82, 2.24) is 30.9 Å². The highest BCUT2D eigenvalue weighted by Crippen LogP contribution is 2.20. The lowest BCUT2D eigenvalue weighted by atomic mass is 9.98.